The molecule has 1 aromatic rings. The molecule has 1 rings (SSSR count). The lowest BCUT2D eigenvalue weighted by atomic mass is 10.2. The Kier molecular flexibility index (Phi) is 8.67. The molecule has 0 atom stereocenters. The second-order valence-electron chi connectivity index (χ2n) is 4.43. The molecule has 0 radical (unpaired) electrons. The van der Waals surface area contributed by atoms with Gasteiger partial charge < -0.3 is 18.9 Å². The van der Waals surface area contributed by atoms with Gasteiger partial charge in [-0.05, 0) is 19.4 Å². The molecule has 130 valence electrons. The fourth-order valence-electron chi connectivity index (χ4n) is 1.54. The summed E-state index contributed by atoms with van der Waals surface area (Å²) in [7, 11) is 0. The lowest BCUT2D eigenvalue weighted by Gasteiger charge is -2.08. The van der Waals surface area contributed by atoms with Crippen molar-refractivity contribution in [2.45, 2.75) is 20.5 Å². The molecule has 0 aromatic heterocycles. The van der Waals surface area contributed by atoms with Crippen LogP contribution in [0.1, 0.15) is 19.4 Å². The van der Waals surface area contributed by atoms with Crippen molar-refractivity contribution in [3.05, 3.63) is 47.7 Å². The number of carbonyl (C=O) groups excluding carboxylic acids is 3. The van der Waals surface area contributed by atoms with E-state index in [-0.39, 0.29) is 19.8 Å². The van der Waals surface area contributed by atoms with Gasteiger partial charge in [-0.25, -0.2) is 14.4 Å². The summed E-state index contributed by atoms with van der Waals surface area (Å²) in [6.45, 7) is 3.09. The molecule has 0 heterocycles. The van der Waals surface area contributed by atoms with Gasteiger partial charge in [0, 0.05) is 0 Å². The van der Waals surface area contributed by atoms with Crippen molar-refractivity contribution >= 4 is 17.9 Å². The van der Waals surface area contributed by atoms with E-state index in [9.17, 15) is 14.4 Å². The highest BCUT2D eigenvalue weighted by Crippen LogP contribution is 2.04. The van der Waals surface area contributed by atoms with Gasteiger partial charge in [0.1, 0.15) is 12.9 Å². The topological polar surface area (TPSA) is 88.1 Å². The predicted octanol–water partition coefficient (Wildman–Crippen LogP) is 1.76. The minimum absolute atomic E-state index is 0.0662. The Bertz CT molecular complexity index is 578. The normalized spacial score (nSPS) is 10.7. The number of esters is 3. The van der Waals surface area contributed by atoms with E-state index >= 15 is 0 Å². The first kappa shape index (κ1) is 19.2. The number of ether oxygens (including phenoxy) is 4. The Balaban J connectivity index is 2.49. The van der Waals surface area contributed by atoms with E-state index in [1.807, 2.05) is 18.2 Å². The molecule has 0 saturated heterocycles. The van der Waals surface area contributed by atoms with E-state index in [1.165, 1.54) is 0 Å². The third kappa shape index (κ3) is 6.95. The molecular weight excluding hydrogens is 316 g/mol. The van der Waals surface area contributed by atoms with E-state index in [4.69, 9.17) is 18.9 Å². The Morgan fingerprint density at radius 2 is 1.58 bits per heavy atom. The summed E-state index contributed by atoms with van der Waals surface area (Å²) < 4.78 is 19.4. The minimum atomic E-state index is -1.02. The van der Waals surface area contributed by atoms with Gasteiger partial charge in [-0.2, -0.15) is 0 Å². The summed E-state index contributed by atoms with van der Waals surface area (Å²) in [5, 5.41) is 0. The molecule has 0 aliphatic rings. The summed E-state index contributed by atoms with van der Waals surface area (Å²) in [4.78, 5) is 35.1. The van der Waals surface area contributed by atoms with Crippen molar-refractivity contribution in [1.82, 2.24) is 0 Å². The van der Waals surface area contributed by atoms with Crippen molar-refractivity contribution in [3.8, 4) is 0 Å². The van der Waals surface area contributed by atoms with Crippen LogP contribution in [0.25, 0.3) is 0 Å². The second kappa shape index (κ2) is 10.8. The van der Waals surface area contributed by atoms with Gasteiger partial charge in [-0.3, -0.25) is 0 Å². The highest BCUT2D eigenvalue weighted by molar-refractivity contribution is 6.14. The van der Waals surface area contributed by atoms with Crippen LogP contribution >= 0.6 is 0 Å². The molecule has 0 unspecified atom stereocenters. The summed E-state index contributed by atoms with van der Waals surface area (Å²) in [5.74, 6) is -2.63. The fourth-order valence-corrected chi connectivity index (χ4v) is 1.54. The van der Waals surface area contributed by atoms with Gasteiger partial charge in [0.05, 0.1) is 13.2 Å². The zero-order valence-corrected chi connectivity index (χ0v) is 13.7. The smallest absolute Gasteiger partial charge is 0.349 e. The molecule has 0 fully saturated rings. The van der Waals surface area contributed by atoms with E-state index in [0.717, 1.165) is 11.8 Å². The van der Waals surface area contributed by atoms with Crippen LogP contribution in [0.3, 0.4) is 0 Å². The van der Waals surface area contributed by atoms with Crippen molar-refractivity contribution < 1.29 is 33.3 Å². The predicted molar refractivity (Wildman–Crippen MR) is 83.5 cm³/mol. The van der Waals surface area contributed by atoms with E-state index in [1.54, 1.807) is 26.0 Å². The van der Waals surface area contributed by atoms with Gasteiger partial charge in [0.2, 0.25) is 0 Å². The average Bonchev–Trinajstić information content (AvgIpc) is 2.59. The van der Waals surface area contributed by atoms with Crippen LogP contribution in [0.4, 0.5) is 0 Å². The van der Waals surface area contributed by atoms with Gasteiger partial charge in [-0.1, -0.05) is 30.3 Å². The van der Waals surface area contributed by atoms with Gasteiger partial charge >= 0.3 is 17.9 Å². The van der Waals surface area contributed by atoms with Crippen molar-refractivity contribution in [3.63, 3.8) is 0 Å². The molecule has 0 saturated carbocycles. The highest BCUT2D eigenvalue weighted by Gasteiger charge is 2.23. The van der Waals surface area contributed by atoms with Gasteiger partial charge in [0.15, 0.2) is 12.2 Å². The summed E-state index contributed by atoms with van der Waals surface area (Å²) >= 11 is 0. The van der Waals surface area contributed by atoms with E-state index < -0.39 is 30.1 Å². The first-order valence-electron chi connectivity index (χ1n) is 7.44. The summed E-state index contributed by atoms with van der Waals surface area (Å²) in [5.41, 5.74) is 0.384. The third-order valence-electron chi connectivity index (χ3n) is 2.65. The number of rotatable bonds is 9. The fraction of sp³-hybridized carbons (Fsp3) is 0.353. The molecule has 7 heteroatoms. The van der Waals surface area contributed by atoms with Crippen LogP contribution in [0.2, 0.25) is 0 Å². The Morgan fingerprint density at radius 1 is 0.917 bits per heavy atom. The summed E-state index contributed by atoms with van der Waals surface area (Å²) in [6.07, 6.45) is 0.954. The van der Waals surface area contributed by atoms with Crippen LogP contribution in [-0.4, -0.2) is 37.7 Å². The standard InChI is InChI=1S/C17H20O7/c1-3-21-11-14(16(19)22-4-2)17(20)24-12-15(18)23-10-13-8-6-5-7-9-13/h5-9,11H,3-4,10,12H2,1-2H3. The van der Waals surface area contributed by atoms with Crippen LogP contribution < -0.4 is 0 Å². The van der Waals surface area contributed by atoms with E-state index in [2.05, 4.69) is 0 Å². The molecule has 0 spiro atoms. The zero-order chi connectivity index (χ0) is 17.8. The number of hydrogen-bond donors (Lipinski definition) is 0. The monoisotopic (exact) mass is 336 g/mol. The Hall–Kier alpha value is -2.83. The summed E-state index contributed by atoms with van der Waals surface area (Å²) in [6, 6.07) is 9.06. The zero-order valence-electron chi connectivity index (χ0n) is 13.7. The highest BCUT2D eigenvalue weighted by atomic mass is 16.6. The molecule has 0 bridgehead atoms. The molecule has 1 aromatic carbocycles. The van der Waals surface area contributed by atoms with Crippen molar-refractivity contribution in [2.75, 3.05) is 19.8 Å². The van der Waals surface area contributed by atoms with Crippen LogP contribution in [0, 0.1) is 0 Å². The molecule has 24 heavy (non-hydrogen) atoms. The Morgan fingerprint density at radius 3 is 2.21 bits per heavy atom. The molecule has 0 amide bonds. The number of benzene rings is 1. The third-order valence-corrected chi connectivity index (χ3v) is 2.65. The SMILES string of the molecule is CCOC=C(C(=O)OCC)C(=O)OCC(=O)OCc1ccccc1. The van der Waals surface area contributed by atoms with Gasteiger partial charge in [-0.15, -0.1) is 0 Å². The number of carbonyl (C=O) groups is 3. The van der Waals surface area contributed by atoms with Crippen LogP contribution in [0.15, 0.2) is 42.2 Å². The quantitative estimate of drug-likeness (QED) is 0.169. The molecule has 0 aliphatic heterocycles. The average molecular weight is 336 g/mol. The molecular formula is C17H20O7. The van der Waals surface area contributed by atoms with Gasteiger partial charge in [0.25, 0.3) is 0 Å². The molecule has 0 aliphatic carbocycles. The lowest BCUT2D eigenvalue weighted by Crippen LogP contribution is -2.22. The largest absolute Gasteiger partial charge is 0.500 e. The molecule has 0 N–H and O–H groups in total. The van der Waals surface area contributed by atoms with Crippen LogP contribution in [0.5, 0.6) is 0 Å². The maximum absolute atomic E-state index is 11.9. The maximum atomic E-state index is 11.9. The van der Waals surface area contributed by atoms with Crippen molar-refractivity contribution in [1.29, 1.82) is 0 Å². The van der Waals surface area contributed by atoms with E-state index in [0.29, 0.717) is 0 Å². The minimum Gasteiger partial charge on any atom is -0.500 e. The lowest BCUT2D eigenvalue weighted by molar-refractivity contribution is -0.159. The first-order valence-corrected chi connectivity index (χ1v) is 7.44. The van der Waals surface area contributed by atoms with Crippen molar-refractivity contribution in [2.24, 2.45) is 0 Å². The second-order valence-corrected chi connectivity index (χ2v) is 4.43. The van der Waals surface area contributed by atoms with Crippen LogP contribution in [-0.2, 0) is 39.9 Å². The maximum Gasteiger partial charge on any atom is 0.349 e. The molecule has 7 nitrogen and oxygen atoms in total. The Labute approximate surface area is 140 Å². The number of hydrogen-bond acceptors (Lipinski definition) is 7. The first-order chi connectivity index (χ1) is 11.6.